The minimum Gasteiger partial charge on any atom is -0.368 e. The molecular formula is C21H23ClN4O3. The number of nitrogens with one attached hydrogen (secondary N) is 1. The van der Waals surface area contributed by atoms with Gasteiger partial charge in [-0.25, -0.2) is 0 Å². The van der Waals surface area contributed by atoms with Crippen LogP contribution in [-0.4, -0.2) is 43.1 Å². The molecule has 2 aliphatic rings. The van der Waals surface area contributed by atoms with Gasteiger partial charge in [-0.05, 0) is 49.2 Å². The minimum absolute atomic E-state index is 0.0000609. The van der Waals surface area contributed by atoms with Crippen molar-refractivity contribution in [1.82, 2.24) is 5.32 Å². The lowest BCUT2D eigenvalue weighted by molar-refractivity contribution is -0.384. The van der Waals surface area contributed by atoms with Crippen molar-refractivity contribution in [2.75, 3.05) is 36.0 Å². The van der Waals surface area contributed by atoms with Crippen LogP contribution in [0.1, 0.15) is 12.5 Å². The minimum atomic E-state index is -0.383. The van der Waals surface area contributed by atoms with E-state index in [4.69, 9.17) is 11.6 Å². The predicted molar refractivity (Wildman–Crippen MR) is 114 cm³/mol. The maximum absolute atomic E-state index is 12.9. The number of nitro groups is 1. The van der Waals surface area contributed by atoms with Gasteiger partial charge in [0.05, 0.1) is 16.9 Å². The molecule has 2 aliphatic heterocycles. The van der Waals surface area contributed by atoms with Crippen LogP contribution >= 0.6 is 11.6 Å². The first-order valence-electron chi connectivity index (χ1n) is 9.80. The van der Waals surface area contributed by atoms with Gasteiger partial charge in [0.1, 0.15) is 0 Å². The lowest BCUT2D eigenvalue weighted by Crippen LogP contribution is -2.61. The molecule has 0 radical (unpaired) electrons. The summed E-state index contributed by atoms with van der Waals surface area (Å²) in [5.74, 6) is -0.267. The largest absolute Gasteiger partial charge is 0.368 e. The summed E-state index contributed by atoms with van der Waals surface area (Å²) >= 11 is 6.02. The molecule has 2 atom stereocenters. The zero-order chi connectivity index (χ0) is 20.5. The second-order valence-corrected chi connectivity index (χ2v) is 7.89. The van der Waals surface area contributed by atoms with Gasteiger partial charge in [-0.2, -0.15) is 0 Å². The Hall–Kier alpha value is -2.80. The van der Waals surface area contributed by atoms with Crippen molar-refractivity contribution in [3.8, 4) is 0 Å². The Labute approximate surface area is 174 Å². The number of rotatable bonds is 4. The number of carbonyl (C=O) groups is 1. The van der Waals surface area contributed by atoms with Crippen LogP contribution in [0.15, 0.2) is 42.5 Å². The van der Waals surface area contributed by atoms with Crippen LogP contribution in [0.5, 0.6) is 0 Å². The van der Waals surface area contributed by atoms with Gasteiger partial charge in [-0.3, -0.25) is 14.9 Å². The fourth-order valence-electron chi connectivity index (χ4n) is 4.41. The lowest BCUT2D eigenvalue weighted by Gasteiger charge is -2.49. The molecular weight excluding hydrogens is 392 g/mol. The van der Waals surface area contributed by atoms with E-state index in [0.717, 1.165) is 30.0 Å². The number of carbonyl (C=O) groups excluding carboxylic acids is 1. The molecule has 7 nitrogen and oxygen atoms in total. The van der Waals surface area contributed by atoms with Crippen LogP contribution < -0.4 is 15.1 Å². The van der Waals surface area contributed by atoms with E-state index in [1.807, 2.05) is 37.3 Å². The molecule has 0 spiro atoms. The Bertz CT molecular complexity index is 934. The van der Waals surface area contributed by atoms with Crippen molar-refractivity contribution in [2.45, 2.75) is 19.4 Å². The molecule has 0 aliphatic carbocycles. The normalized spacial score (nSPS) is 20.6. The molecule has 1 amide bonds. The highest BCUT2D eigenvalue weighted by Crippen LogP contribution is 2.38. The van der Waals surface area contributed by atoms with Gasteiger partial charge in [-0.1, -0.05) is 11.6 Å². The standard InChI is InChI=1S/C21H23ClN4O3/c1-2-23-21(27)18-12-14-11-17(26(28)29)7-8-19(14)25-10-9-24(13-20(18)25)16-5-3-15(22)4-6-16/h3-8,11,18,20H,2,9-10,12-13H2,1H3,(H,23,27)/t18-,20-/m0/s1. The molecule has 1 N–H and O–H groups in total. The second kappa shape index (κ2) is 7.91. The first-order valence-corrected chi connectivity index (χ1v) is 10.2. The van der Waals surface area contributed by atoms with Gasteiger partial charge in [0.25, 0.3) is 5.69 Å². The highest BCUT2D eigenvalue weighted by atomic mass is 35.5. The van der Waals surface area contributed by atoms with Gasteiger partial charge in [-0.15, -0.1) is 0 Å². The topological polar surface area (TPSA) is 78.7 Å². The number of anilines is 2. The van der Waals surface area contributed by atoms with Crippen molar-refractivity contribution in [1.29, 1.82) is 0 Å². The zero-order valence-electron chi connectivity index (χ0n) is 16.2. The highest BCUT2D eigenvalue weighted by Gasteiger charge is 2.41. The molecule has 0 saturated carbocycles. The fourth-order valence-corrected chi connectivity index (χ4v) is 4.54. The average Bonchev–Trinajstić information content (AvgIpc) is 2.73. The number of nitro benzene ring substituents is 1. The number of amides is 1. The molecule has 2 aromatic rings. The molecule has 4 rings (SSSR count). The molecule has 0 bridgehead atoms. The van der Waals surface area contributed by atoms with Crippen LogP contribution in [0.3, 0.4) is 0 Å². The average molecular weight is 415 g/mol. The number of hydrogen-bond donors (Lipinski definition) is 1. The summed E-state index contributed by atoms with van der Waals surface area (Å²) in [7, 11) is 0. The van der Waals surface area contributed by atoms with Crippen molar-refractivity contribution in [3.63, 3.8) is 0 Å². The summed E-state index contributed by atoms with van der Waals surface area (Å²) in [6, 6.07) is 12.7. The molecule has 0 unspecified atom stereocenters. The van der Waals surface area contributed by atoms with Crippen LogP contribution in [0.4, 0.5) is 17.1 Å². The van der Waals surface area contributed by atoms with Gasteiger partial charge < -0.3 is 15.1 Å². The number of halogens is 1. The Morgan fingerprint density at radius 3 is 2.69 bits per heavy atom. The predicted octanol–water partition coefficient (Wildman–Crippen LogP) is 3.25. The molecule has 8 heteroatoms. The molecule has 2 aromatic carbocycles. The van der Waals surface area contributed by atoms with E-state index >= 15 is 0 Å². The van der Waals surface area contributed by atoms with Gasteiger partial charge in [0, 0.05) is 54.7 Å². The molecule has 0 aromatic heterocycles. The number of non-ortho nitro benzene ring substituents is 1. The number of fused-ring (bicyclic) bond motifs is 3. The van der Waals surface area contributed by atoms with Gasteiger partial charge in [0.15, 0.2) is 0 Å². The van der Waals surface area contributed by atoms with E-state index in [1.54, 1.807) is 12.1 Å². The number of piperazine rings is 1. The highest BCUT2D eigenvalue weighted by molar-refractivity contribution is 6.30. The number of hydrogen-bond acceptors (Lipinski definition) is 5. The van der Waals surface area contributed by atoms with Gasteiger partial charge in [0.2, 0.25) is 5.91 Å². The van der Waals surface area contributed by atoms with E-state index in [-0.39, 0.29) is 28.5 Å². The van der Waals surface area contributed by atoms with E-state index < -0.39 is 0 Å². The Morgan fingerprint density at radius 2 is 2.00 bits per heavy atom. The van der Waals surface area contributed by atoms with Crippen molar-refractivity contribution >= 4 is 34.6 Å². The smallest absolute Gasteiger partial charge is 0.269 e. The first kappa shape index (κ1) is 19.5. The SMILES string of the molecule is CCNC(=O)[C@H]1Cc2cc([N+](=O)[O-])ccc2N2CCN(c3ccc(Cl)cc3)C[C@@H]12. The fraction of sp³-hybridized carbons (Fsp3) is 0.381. The molecule has 152 valence electrons. The third kappa shape index (κ3) is 3.74. The van der Waals surface area contributed by atoms with Crippen molar-refractivity contribution in [2.24, 2.45) is 5.92 Å². The number of benzene rings is 2. The molecule has 1 saturated heterocycles. The summed E-state index contributed by atoms with van der Waals surface area (Å²) in [5.41, 5.74) is 3.01. The van der Waals surface area contributed by atoms with Gasteiger partial charge >= 0.3 is 0 Å². The zero-order valence-corrected chi connectivity index (χ0v) is 16.9. The van der Waals surface area contributed by atoms with Crippen LogP contribution in [0.25, 0.3) is 0 Å². The summed E-state index contributed by atoms with van der Waals surface area (Å²) in [6.07, 6.45) is 0.498. The Balaban J connectivity index is 1.67. The maximum Gasteiger partial charge on any atom is 0.269 e. The third-order valence-corrected chi connectivity index (χ3v) is 6.04. The quantitative estimate of drug-likeness (QED) is 0.613. The third-order valence-electron chi connectivity index (χ3n) is 5.79. The lowest BCUT2D eigenvalue weighted by atomic mass is 9.83. The van der Waals surface area contributed by atoms with Crippen LogP contribution in [0.2, 0.25) is 5.02 Å². The van der Waals surface area contributed by atoms with Crippen LogP contribution in [0, 0.1) is 16.0 Å². The van der Waals surface area contributed by atoms with Crippen LogP contribution in [-0.2, 0) is 11.2 Å². The van der Waals surface area contributed by atoms with E-state index in [1.165, 1.54) is 0 Å². The van der Waals surface area contributed by atoms with E-state index in [0.29, 0.717) is 24.5 Å². The second-order valence-electron chi connectivity index (χ2n) is 7.46. The summed E-state index contributed by atoms with van der Waals surface area (Å²) in [4.78, 5) is 28.2. The maximum atomic E-state index is 12.9. The van der Waals surface area contributed by atoms with E-state index in [9.17, 15) is 14.9 Å². The molecule has 1 fully saturated rings. The monoisotopic (exact) mass is 414 g/mol. The summed E-state index contributed by atoms with van der Waals surface area (Å²) in [6.45, 7) is 4.72. The Morgan fingerprint density at radius 1 is 1.24 bits per heavy atom. The van der Waals surface area contributed by atoms with Crippen molar-refractivity contribution < 1.29 is 9.72 Å². The number of nitrogens with zero attached hydrogens (tertiary/aromatic N) is 3. The summed E-state index contributed by atoms with van der Waals surface area (Å²) < 4.78 is 0. The van der Waals surface area contributed by atoms with E-state index in [2.05, 4.69) is 15.1 Å². The first-order chi connectivity index (χ1) is 14.0. The van der Waals surface area contributed by atoms with Crippen molar-refractivity contribution in [3.05, 3.63) is 63.2 Å². The molecule has 29 heavy (non-hydrogen) atoms. The summed E-state index contributed by atoms with van der Waals surface area (Å²) in [5, 5.41) is 14.8. The Kier molecular flexibility index (Phi) is 5.32. The molecule has 2 heterocycles.